The highest BCUT2D eigenvalue weighted by Gasteiger charge is 2.26. The molecule has 2 aromatic heterocycles. The molecule has 2 atom stereocenters. The first kappa shape index (κ1) is 32.6. The Morgan fingerprint density at radius 3 is 2.17 bits per heavy atom. The number of aryl methyl sites for hydroxylation is 1. The summed E-state index contributed by atoms with van der Waals surface area (Å²) >= 11 is 13.6. The highest BCUT2D eigenvalue weighted by molar-refractivity contribution is 6.40. The van der Waals surface area contributed by atoms with Crippen molar-refractivity contribution in [3.05, 3.63) is 93.5 Å². The average Bonchev–Trinajstić information content (AvgIpc) is 3.68. The lowest BCUT2D eigenvalue weighted by atomic mass is 10.0. The third-order valence-corrected chi connectivity index (χ3v) is 9.07. The van der Waals surface area contributed by atoms with E-state index in [2.05, 4.69) is 30.9 Å². The van der Waals surface area contributed by atoms with Crippen molar-refractivity contribution in [2.24, 2.45) is 0 Å². The standard InChI is InChI=1S/C33H33Cl2N7O5/c34-30-21(4-1-6-24(30)38-32(46)26-10-9-19(15-36-26)17-41-13-11-20(43)18-41)22-5-2-7-25(31(22)35)39-33(47)27-14-28-23(37-16-29(44)45)8-3-12-42(28)40-27/h1-2,4-7,9-10,14-15,20,23,37,43H,3,8,11-13,16-18H2,(H,38,46)(H,39,47)(H,44,45)/t20-,23+/m1/s1. The number of hydrogen-bond donors (Lipinski definition) is 5. The molecule has 4 heterocycles. The quantitative estimate of drug-likeness (QED) is 0.158. The fourth-order valence-electron chi connectivity index (χ4n) is 5.92. The molecule has 4 aromatic rings. The maximum Gasteiger partial charge on any atom is 0.317 e. The molecule has 6 rings (SSSR count). The molecule has 0 bridgehead atoms. The zero-order valence-corrected chi connectivity index (χ0v) is 26.8. The molecular weight excluding hydrogens is 645 g/mol. The number of fused-ring (bicyclic) bond motifs is 1. The molecule has 1 saturated heterocycles. The lowest BCUT2D eigenvalue weighted by Gasteiger charge is -2.23. The molecule has 244 valence electrons. The number of nitrogens with one attached hydrogen (secondary N) is 3. The Morgan fingerprint density at radius 1 is 0.894 bits per heavy atom. The molecule has 2 aliphatic heterocycles. The summed E-state index contributed by atoms with van der Waals surface area (Å²) in [4.78, 5) is 43.8. The van der Waals surface area contributed by atoms with Crippen LogP contribution in [0, 0.1) is 0 Å². The second-order valence-corrected chi connectivity index (χ2v) is 12.4. The van der Waals surface area contributed by atoms with Crippen LogP contribution in [0.15, 0.2) is 60.8 Å². The summed E-state index contributed by atoms with van der Waals surface area (Å²) in [5.74, 6) is -1.85. The van der Waals surface area contributed by atoms with Crippen LogP contribution in [0.5, 0.6) is 0 Å². The number of aliphatic hydroxyl groups excluding tert-OH is 1. The van der Waals surface area contributed by atoms with Crippen LogP contribution in [-0.4, -0.2) is 73.4 Å². The minimum atomic E-state index is -0.958. The SMILES string of the molecule is O=C(O)CN[C@H]1CCCn2nc(C(=O)Nc3cccc(-c4cccc(NC(=O)c5ccc(CN6CC[C@@H](O)C6)cn5)c4Cl)c3Cl)cc21. The van der Waals surface area contributed by atoms with E-state index < -0.39 is 17.8 Å². The molecule has 12 nitrogen and oxygen atoms in total. The van der Waals surface area contributed by atoms with Crippen LogP contribution < -0.4 is 16.0 Å². The van der Waals surface area contributed by atoms with E-state index in [1.807, 2.05) is 6.07 Å². The first-order chi connectivity index (χ1) is 22.7. The van der Waals surface area contributed by atoms with Crippen LogP contribution in [-0.2, 0) is 17.9 Å². The van der Waals surface area contributed by atoms with Gasteiger partial charge in [-0.25, -0.2) is 0 Å². The van der Waals surface area contributed by atoms with Crippen LogP contribution in [0.4, 0.5) is 11.4 Å². The third kappa shape index (κ3) is 7.47. The topological polar surface area (TPSA) is 162 Å². The second-order valence-electron chi connectivity index (χ2n) is 11.6. The molecule has 0 saturated carbocycles. The van der Waals surface area contributed by atoms with E-state index in [0.717, 1.165) is 37.1 Å². The van der Waals surface area contributed by atoms with Gasteiger partial charge in [0.2, 0.25) is 0 Å². The number of halogens is 2. The van der Waals surface area contributed by atoms with Gasteiger partial charge in [0.15, 0.2) is 5.69 Å². The Balaban J connectivity index is 1.15. The fourth-order valence-corrected chi connectivity index (χ4v) is 6.47. The summed E-state index contributed by atoms with van der Waals surface area (Å²) in [5.41, 5.74) is 3.91. The minimum absolute atomic E-state index is 0.185. The lowest BCUT2D eigenvalue weighted by molar-refractivity contribution is -0.136. The third-order valence-electron chi connectivity index (χ3n) is 8.26. The monoisotopic (exact) mass is 677 g/mol. The normalized spacial score (nSPS) is 17.7. The van der Waals surface area contributed by atoms with Gasteiger partial charge in [-0.15, -0.1) is 0 Å². The van der Waals surface area contributed by atoms with Crippen molar-refractivity contribution in [1.29, 1.82) is 0 Å². The molecule has 14 heteroatoms. The number of carboxylic acids is 1. The molecule has 2 aliphatic rings. The zero-order chi connectivity index (χ0) is 33.1. The lowest BCUT2D eigenvalue weighted by Crippen LogP contribution is -2.31. The number of amides is 2. The molecular formula is C33H33Cl2N7O5. The van der Waals surface area contributed by atoms with E-state index in [-0.39, 0.29) is 40.1 Å². The number of benzene rings is 2. The Hall–Kier alpha value is -4.33. The Bertz CT molecular complexity index is 1810. The van der Waals surface area contributed by atoms with E-state index in [1.54, 1.807) is 59.4 Å². The number of aliphatic hydroxyl groups is 1. The molecule has 2 aromatic carbocycles. The zero-order valence-electron chi connectivity index (χ0n) is 25.2. The Kier molecular flexibility index (Phi) is 9.85. The maximum atomic E-state index is 13.2. The van der Waals surface area contributed by atoms with E-state index in [0.29, 0.717) is 42.1 Å². The number of aromatic nitrogens is 3. The van der Waals surface area contributed by atoms with Crippen molar-refractivity contribution < 1.29 is 24.6 Å². The van der Waals surface area contributed by atoms with Gasteiger partial charge in [-0.2, -0.15) is 5.10 Å². The van der Waals surface area contributed by atoms with Gasteiger partial charge in [-0.1, -0.05) is 53.5 Å². The van der Waals surface area contributed by atoms with Gasteiger partial charge in [0.05, 0.1) is 39.8 Å². The predicted molar refractivity (Wildman–Crippen MR) is 178 cm³/mol. The van der Waals surface area contributed by atoms with E-state index in [9.17, 15) is 19.5 Å². The summed E-state index contributed by atoms with van der Waals surface area (Å²) in [5, 5.41) is 32.4. The molecule has 5 N–H and O–H groups in total. The Labute approximate surface area is 280 Å². The van der Waals surface area contributed by atoms with Crippen molar-refractivity contribution in [3.63, 3.8) is 0 Å². The van der Waals surface area contributed by atoms with Crippen LogP contribution in [0.2, 0.25) is 10.0 Å². The molecule has 47 heavy (non-hydrogen) atoms. The maximum absolute atomic E-state index is 13.2. The molecule has 1 fully saturated rings. The largest absolute Gasteiger partial charge is 0.480 e. The van der Waals surface area contributed by atoms with Crippen LogP contribution in [0.3, 0.4) is 0 Å². The predicted octanol–water partition coefficient (Wildman–Crippen LogP) is 4.83. The number of rotatable bonds is 10. The van der Waals surface area contributed by atoms with Crippen LogP contribution in [0.25, 0.3) is 11.1 Å². The van der Waals surface area contributed by atoms with Crippen molar-refractivity contribution in [2.45, 2.75) is 44.5 Å². The number of carboxylic acid groups (broad SMARTS) is 1. The van der Waals surface area contributed by atoms with Gasteiger partial charge in [-0.05, 0) is 49.1 Å². The van der Waals surface area contributed by atoms with Gasteiger partial charge in [0, 0.05) is 49.5 Å². The number of carbonyl (C=O) groups is 3. The van der Waals surface area contributed by atoms with Crippen LogP contribution >= 0.6 is 23.2 Å². The van der Waals surface area contributed by atoms with Crippen LogP contribution in [0.1, 0.15) is 57.5 Å². The summed E-state index contributed by atoms with van der Waals surface area (Å²) in [6.45, 7) is 2.53. The number of hydrogen-bond acceptors (Lipinski definition) is 8. The second kappa shape index (κ2) is 14.2. The van der Waals surface area contributed by atoms with Crippen molar-refractivity contribution in [2.75, 3.05) is 30.3 Å². The van der Waals surface area contributed by atoms with Gasteiger partial charge in [-0.3, -0.25) is 34.3 Å². The summed E-state index contributed by atoms with van der Waals surface area (Å²) in [6.07, 6.45) is 3.65. The first-order valence-electron chi connectivity index (χ1n) is 15.2. The highest BCUT2D eigenvalue weighted by atomic mass is 35.5. The highest BCUT2D eigenvalue weighted by Crippen LogP contribution is 2.40. The number of pyridine rings is 1. The van der Waals surface area contributed by atoms with Gasteiger partial charge in [0.25, 0.3) is 11.8 Å². The smallest absolute Gasteiger partial charge is 0.317 e. The first-order valence-corrected chi connectivity index (χ1v) is 16.0. The minimum Gasteiger partial charge on any atom is -0.480 e. The molecule has 0 aliphatic carbocycles. The number of anilines is 2. The van der Waals surface area contributed by atoms with E-state index in [4.69, 9.17) is 28.3 Å². The summed E-state index contributed by atoms with van der Waals surface area (Å²) in [6, 6.07) is 15.3. The fraction of sp³-hybridized carbons (Fsp3) is 0.303. The van der Waals surface area contributed by atoms with Crippen molar-refractivity contribution in [3.8, 4) is 11.1 Å². The van der Waals surface area contributed by atoms with Gasteiger partial charge >= 0.3 is 5.97 Å². The molecule has 0 spiro atoms. The van der Waals surface area contributed by atoms with Crippen molar-refractivity contribution in [1.82, 2.24) is 25.0 Å². The van der Waals surface area contributed by atoms with Gasteiger partial charge < -0.3 is 20.8 Å². The van der Waals surface area contributed by atoms with Gasteiger partial charge in [0.1, 0.15) is 5.69 Å². The van der Waals surface area contributed by atoms with E-state index >= 15 is 0 Å². The van der Waals surface area contributed by atoms with Crippen molar-refractivity contribution >= 4 is 52.4 Å². The summed E-state index contributed by atoms with van der Waals surface area (Å²) < 4.78 is 1.72. The van der Waals surface area contributed by atoms with E-state index in [1.165, 1.54) is 0 Å². The molecule has 0 radical (unpaired) electrons. The molecule has 0 unspecified atom stereocenters. The number of likely N-dealkylation sites (tertiary alicyclic amines) is 1. The average molecular weight is 679 g/mol. The summed E-state index contributed by atoms with van der Waals surface area (Å²) in [7, 11) is 0. The Morgan fingerprint density at radius 2 is 1.57 bits per heavy atom. The number of carbonyl (C=O) groups excluding carboxylic acids is 2. The molecule has 2 amide bonds. The number of β-amino-alcohol motifs (C(OH)–C–C–N with tert-alkyl or cyclic N) is 1. The number of nitrogens with zero attached hydrogens (tertiary/aromatic N) is 4. The number of aliphatic carboxylic acids is 1.